The Kier molecular flexibility index (Phi) is 4.18. The number of aromatic carboxylic acids is 1. The van der Waals surface area contributed by atoms with Gasteiger partial charge in [0.2, 0.25) is 0 Å². The maximum Gasteiger partial charge on any atom is 0.354 e. The third kappa shape index (κ3) is 3.00. The first-order valence-corrected chi connectivity index (χ1v) is 6.65. The Morgan fingerprint density at radius 1 is 1.44 bits per heavy atom. The van der Waals surface area contributed by atoms with Crippen LogP contribution < -0.4 is 4.90 Å². The number of carboxylic acid groups (broad SMARTS) is 1. The van der Waals surface area contributed by atoms with E-state index in [2.05, 4.69) is 16.8 Å². The average Bonchev–Trinajstić information content (AvgIpc) is 2.64. The molecule has 2 rings (SSSR count). The van der Waals surface area contributed by atoms with E-state index < -0.39 is 5.97 Å². The van der Waals surface area contributed by atoms with E-state index in [1.165, 1.54) is 25.7 Å². The highest BCUT2D eigenvalue weighted by Gasteiger charge is 2.16. The number of pyridine rings is 1. The van der Waals surface area contributed by atoms with Crippen molar-refractivity contribution in [2.24, 2.45) is 5.92 Å². The Bertz CT molecular complexity index is 403. The van der Waals surface area contributed by atoms with E-state index in [1.807, 2.05) is 6.07 Å². The van der Waals surface area contributed by atoms with Gasteiger partial charge in [-0.15, -0.1) is 0 Å². The zero-order valence-corrected chi connectivity index (χ0v) is 10.8. The topological polar surface area (TPSA) is 53.4 Å². The van der Waals surface area contributed by atoms with Crippen LogP contribution >= 0.6 is 0 Å². The number of rotatable bonds is 3. The van der Waals surface area contributed by atoms with Gasteiger partial charge in [0.15, 0.2) is 0 Å². The maximum atomic E-state index is 10.7. The summed E-state index contributed by atoms with van der Waals surface area (Å²) in [6, 6.07) is 3.45. The molecule has 1 saturated heterocycles. The summed E-state index contributed by atoms with van der Waals surface area (Å²) >= 11 is 0. The average molecular weight is 248 g/mol. The molecule has 0 spiro atoms. The minimum Gasteiger partial charge on any atom is -0.477 e. The Labute approximate surface area is 108 Å². The zero-order chi connectivity index (χ0) is 13.0. The molecule has 4 heteroatoms. The summed E-state index contributed by atoms with van der Waals surface area (Å²) in [6.45, 7) is 4.35. The first kappa shape index (κ1) is 12.9. The molecular formula is C14H20N2O2. The van der Waals surface area contributed by atoms with E-state index in [-0.39, 0.29) is 5.69 Å². The predicted octanol–water partition coefficient (Wildman–Crippen LogP) is 2.80. The van der Waals surface area contributed by atoms with E-state index in [1.54, 1.807) is 12.3 Å². The van der Waals surface area contributed by atoms with Crippen LogP contribution in [0.3, 0.4) is 0 Å². The lowest BCUT2D eigenvalue weighted by Gasteiger charge is -2.22. The number of aromatic nitrogens is 1. The molecule has 1 atom stereocenters. The largest absolute Gasteiger partial charge is 0.477 e. The fourth-order valence-electron chi connectivity index (χ4n) is 2.53. The molecule has 1 aromatic heterocycles. The van der Waals surface area contributed by atoms with E-state index >= 15 is 0 Å². The van der Waals surface area contributed by atoms with Crippen LogP contribution in [0.2, 0.25) is 0 Å². The molecule has 1 N–H and O–H groups in total. The predicted molar refractivity (Wildman–Crippen MR) is 71.0 cm³/mol. The Morgan fingerprint density at radius 3 is 2.89 bits per heavy atom. The minimum atomic E-state index is -0.969. The molecule has 98 valence electrons. The fraction of sp³-hybridized carbons (Fsp3) is 0.571. The van der Waals surface area contributed by atoms with Gasteiger partial charge in [0.1, 0.15) is 5.69 Å². The second-order valence-electron chi connectivity index (χ2n) is 4.90. The Balaban J connectivity index is 2.04. The van der Waals surface area contributed by atoms with Gasteiger partial charge in [0, 0.05) is 13.1 Å². The summed E-state index contributed by atoms with van der Waals surface area (Å²) in [7, 11) is 0. The molecule has 0 aliphatic carbocycles. The second-order valence-corrected chi connectivity index (χ2v) is 4.90. The van der Waals surface area contributed by atoms with Gasteiger partial charge in [0.05, 0.1) is 11.9 Å². The summed E-state index contributed by atoms with van der Waals surface area (Å²) in [6.07, 6.45) is 6.66. The van der Waals surface area contributed by atoms with Crippen LogP contribution in [0.5, 0.6) is 0 Å². The molecule has 0 bridgehead atoms. The summed E-state index contributed by atoms with van der Waals surface area (Å²) in [5.74, 6) is -0.135. The highest BCUT2D eigenvalue weighted by molar-refractivity contribution is 5.85. The second kappa shape index (κ2) is 5.85. The molecule has 1 unspecified atom stereocenters. The summed E-state index contributed by atoms with van der Waals surface area (Å²) < 4.78 is 0. The highest BCUT2D eigenvalue weighted by atomic mass is 16.4. The molecule has 4 nitrogen and oxygen atoms in total. The summed E-state index contributed by atoms with van der Waals surface area (Å²) in [5.41, 5.74) is 1.15. The van der Waals surface area contributed by atoms with Crippen molar-refractivity contribution in [3.05, 3.63) is 24.0 Å². The van der Waals surface area contributed by atoms with E-state index in [0.29, 0.717) is 0 Å². The zero-order valence-electron chi connectivity index (χ0n) is 10.8. The van der Waals surface area contributed by atoms with E-state index in [4.69, 9.17) is 5.11 Å². The van der Waals surface area contributed by atoms with Gasteiger partial charge in [0.25, 0.3) is 0 Å². The normalized spacial score (nSPS) is 20.5. The molecule has 0 aromatic carbocycles. The van der Waals surface area contributed by atoms with Crippen LogP contribution in [-0.2, 0) is 0 Å². The van der Waals surface area contributed by atoms with Crippen molar-refractivity contribution in [3.63, 3.8) is 0 Å². The fourth-order valence-corrected chi connectivity index (χ4v) is 2.53. The Morgan fingerprint density at radius 2 is 2.28 bits per heavy atom. The SMILES string of the molecule is CCC1CCCN(c2ccc(C(=O)O)nc2)CC1. The minimum absolute atomic E-state index is 0.111. The first-order valence-electron chi connectivity index (χ1n) is 6.65. The summed E-state index contributed by atoms with van der Waals surface area (Å²) in [5, 5.41) is 8.82. The number of hydrogen-bond donors (Lipinski definition) is 1. The molecule has 1 aliphatic heterocycles. The van der Waals surface area contributed by atoms with Crippen LogP contribution in [0.25, 0.3) is 0 Å². The molecule has 1 fully saturated rings. The molecule has 0 amide bonds. The molecule has 1 aliphatic rings. The maximum absolute atomic E-state index is 10.7. The van der Waals surface area contributed by atoms with E-state index in [9.17, 15) is 4.79 Å². The lowest BCUT2D eigenvalue weighted by Crippen LogP contribution is -2.24. The standard InChI is InChI=1S/C14H20N2O2/c1-2-11-4-3-8-16(9-7-11)12-5-6-13(14(17)18)15-10-12/h5-6,10-11H,2-4,7-9H2,1H3,(H,17,18). The van der Waals surface area contributed by atoms with Crippen LogP contribution in [0, 0.1) is 5.92 Å². The molecule has 0 saturated carbocycles. The third-order valence-electron chi connectivity index (χ3n) is 3.76. The number of hydrogen-bond acceptors (Lipinski definition) is 3. The van der Waals surface area contributed by atoms with Gasteiger partial charge < -0.3 is 10.0 Å². The van der Waals surface area contributed by atoms with Gasteiger partial charge >= 0.3 is 5.97 Å². The van der Waals surface area contributed by atoms with Crippen molar-refractivity contribution in [2.45, 2.75) is 32.6 Å². The quantitative estimate of drug-likeness (QED) is 0.893. The third-order valence-corrected chi connectivity index (χ3v) is 3.76. The highest BCUT2D eigenvalue weighted by Crippen LogP contribution is 2.24. The monoisotopic (exact) mass is 248 g/mol. The van der Waals surface area contributed by atoms with Crippen LogP contribution in [-0.4, -0.2) is 29.1 Å². The van der Waals surface area contributed by atoms with Crippen LogP contribution in [0.1, 0.15) is 43.1 Å². The van der Waals surface area contributed by atoms with Crippen molar-refractivity contribution in [2.75, 3.05) is 18.0 Å². The van der Waals surface area contributed by atoms with Gasteiger partial charge in [-0.1, -0.05) is 13.3 Å². The number of nitrogens with zero attached hydrogens (tertiary/aromatic N) is 2. The molecule has 18 heavy (non-hydrogen) atoms. The van der Waals surface area contributed by atoms with Gasteiger partial charge in [-0.25, -0.2) is 9.78 Å². The first-order chi connectivity index (χ1) is 8.70. The van der Waals surface area contributed by atoms with Gasteiger partial charge in [-0.2, -0.15) is 0 Å². The lowest BCUT2D eigenvalue weighted by atomic mass is 9.98. The van der Waals surface area contributed by atoms with Gasteiger partial charge in [-0.05, 0) is 37.3 Å². The smallest absolute Gasteiger partial charge is 0.354 e. The molecule has 1 aromatic rings. The van der Waals surface area contributed by atoms with Crippen molar-refractivity contribution >= 4 is 11.7 Å². The van der Waals surface area contributed by atoms with E-state index in [0.717, 1.165) is 24.7 Å². The lowest BCUT2D eigenvalue weighted by molar-refractivity contribution is 0.0690. The Hall–Kier alpha value is -1.58. The van der Waals surface area contributed by atoms with Crippen molar-refractivity contribution in [1.29, 1.82) is 0 Å². The molecule has 2 heterocycles. The van der Waals surface area contributed by atoms with Crippen molar-refractivity contribution in [3.8, 4) is 0 Å². The molecule has 0 radical (unpaired) electrons. The number of carboxylic acids is 1. The molecular weight excluding hydrogens is 228 g/mol. The van der Waals surface area contributed by atoms with Crippen LogP contribution in [0.4, 0.5) is 5.69 Å². The summed E-state index contributed by atoms with van der Waals surface area (Å²) in [4.78, 5) is 17.0. The van der Waals surface area contributed by atoms with Crippen LogP contribution in [0.15, 0.2) is 18.3 Å². The van der Waals surface area contributed by atoms with Crippen molar-refractivity contribution < 1.29 is 9.90 Å². The van der Waals surface area contributed by atoms with Crippen molar-refractivity contribution in [1.82, 2.24) is 4.98 Å². The van der Waals surface area contributed by atoms with Gasteiger partial charge in [-0.3, -0.25) is 0 Å². The number of anilines is 1. The number of carbonyl (C=O) groups is 1.